The molecule has 104 valence electrons. The Labute approximate surface area is 133 Å². The highest BCUT2D eigenvalue weighted by molar-refractivity contribution is 9.10. The van der Waals surface area contributed by atoms with Crippen LogP contribution in [-0.4, -0.2) is 11.0 Å². The summed E-state index contributed by atoms with van der Waals surface area (Å²) in [6.45, 7) is 0. The zero-order chi connectivity index (χ0) is 14.7. The lowest BCUT2D eigenvalue weighted by Gasteiger charge is -2.12. The lowest BCUT2D eigenvalue weighted by molar-refractivity contribution is 0.318. The lowest BCUT2D eigenvalue weighted by atomic mass is 10.2. The minimum Gasteiger partial charge on any atom is -0.457 e. The molecule has 0 heterocycles. The van der Waals surface area contributed by atoms with E-state index in [0.717, 1.165) is 0 Å². The third kappa shape index (κ3) is 3.17. The summed E-state index contributed by atoms with van der Waals surface area (Å²) in [5.41, 5.74) is 6.09. The average molecular weight is 376 g/mol. The first-order valence-corrected chi connectivity index (χ1v) is 6.97. The highest BCUT2D eigenvalue weighted by atomic mass is 79.9. The summed E-state index contributed by atoms with van der Waals surface area (Å²) in [7, 11) is 0. The number of hydrogen-bond acceptors (Lipinski definition) is 3. The second-order valence-corrected chi connectivity index (χ2v) is 5.44. The summed E-state index contributed by atoms with van der Waals surface area (Å²) in [5, 5.41) is 12.6. The van der Waals surface area contributed by atoms with E-state index in [9.17, 15) is 0 Å². The summed E-state index contributed by atoms with van der Waals surface area (Å²) >= 11 is 15.1. The van der Waals surface area contributed by atoms with E-state index in [4.69, 9.17) is 38.9 Å². The predicted octanol–water partition coefficient (Wildman–Crippen LogP) is 4.64. The zero-order valence-corrected chi connectivity index (χ0v) is 13.1. The molecule has 0 aliphatic heterocycles. The molecule has 0 radical (unpaired) electrons. The highest BCUT2D eigenvalue weighted by Gasteiger charge is 2.13. The molecule has 4 nitrogen and oxygen atoms in total. The Balaban J connectivity index is 2.43. The van der Waals surface area contributed by atoms with Crippen LogP contribution >= 0.6 is 39.1 Å². The number of halogens is 3. The van der Waals surface area contributed by atoms with E-state index in [2.05, 4.69) is 21.1 Å². The van der Waals surface area contributed by atoms with Gasteiger partial charge in [-0.1, -0.05) is 34.4 Å². The van der Waals surface area contributed by atoms with Crippen LogP contribution in [-0.2, 0) is 0 Å². The highest BCUT2D eigenvalue weighted by Crippen LogP contribution is 2.33. The van der Waals surface area contributed by atoms with Crippen molar-refractivity contribution in [2.45, 2.75) is 0 Å². The molecule has 2 aromatic carbocycles. The molecule has 0 aromatic heterocycles. The first-order chi connectivity index (χ1) is 9.52. The number of nitrogens with two attached hydrogens (primary N) is 1. The molecule has 7 heteroatoms. The number of hydrogen-bond donors (Lipinski definition) is 2. The van der Waals surface area contributed by atoms with Crippen LogP contribution in [0.15, 0.2) is 46.0 Å². The summed E-state index contributed by atoms with van der Waals surface area (Å²) in [4.78, 5) is 0. The minimum absolute atomic E-state index is 0.0625. The molecular formula is C13H9BrCl2N2O2. The van der Waals surface area contributed by atoms with Crippen molar-refractivity contribution in [2.75, 3.05) is 0 Å². The van der Waals surface area contributed by atoms with Crippen molar-refractivity contribution in [3.8, 4) is 11.5 Å². The van der Waals surface area contributed by atoms with Gasteiger partial charge in [-0.05, 0) is 40.2 Å². The molecule has 0 aliphatic carbocycles. The first-order valence-electron chi connectivity index (χ1n) is 5.42. The van der Waals surface area contributed by atoms with Crippen molar-refractivity contribution in [1.29, 1.82) is 0 Å². The van der Waals surface area contributed by atoms with Gasteiger partial charge in [0.15, 0.2) is 5.84 Å². The number of rotatable bonds is 3. The van der Waals surface area contributed by atoms with Crippen LogP contribution in [0.25, 0.3) is 0 Å². The van der Waals surface area contributed by atoms with Gasteiger partial charge in [0.2, 0.25) is 0 Å². The van der Waals surface area contributed by atoms with Crippen LogP contribution in [0.5, 0.6) is 11.5 Å². The fourth-order valence-corrected chi connectivity index (χ4v) is 2.39. The molecular weight excluding hydrogens is 367 g/mol. The standard InChI is InChI=1S/C13H9BrCl2N2O2/c14-8-2-1-3-11(12(8)13(17)18-19)20-7-4-5-9(15)10(16)6-7/h1-6,19H,(H2,17,18). The van der Waals surface area contributed by atoms with E-state index < -0.39 is 0 Å². The molecule has 0 bridgehead atoms. The van der Waals surface area contributed by atoms with Crippen molar-refractivity contribution in [3.63, 3.8) is 0 Å². The second kappa shape index (κ2) is 6.35. The monoisotopic (exact) mass is 374 g/mol. The van der Waals surface area contributed by atoms with Crippen LogP contribution < -0.4 is 10.5 Å². The van der Waals surface area contributed by atoms with Crippen LogP contribution in [0, 0.1) is 0 Å². The third-order valence-electron chi connectivity index (χ3n) is 2.46. The van der Waals surface area contributed by atoms with Gasteiger partial charge in [-0.25, -0.2) is 0 Å². The van der Waals surface area contributed by atoms with Gasteiger partial charge in [0, 0.05) is 10.5 Å². The van der Waals surface area contributed by atoms with Gasteiger partial charge in [0.1, 0.15) is 11.5 Å². The van der Waals surface area contributed by atoms with Crippen molar-refractivity contribution in [2.24, 2.45) is 10.9 Å². The van der Waals surface area contributed by atoms with E-state index in [1.807, 2.05) is 0 Å². The molecule has 3 N–H and O–H groups in total. The number of benzene rings is 2. The largest absolute Gasteiger partial charge is 0.457 e. The Hall–Kier alpha value is -1.43. The third-order valence-corrected chi connectivity index (χ3v) is 3.86. The van der Waals surface area contributed by atoms with Gasteiger partial charge in [0.05, 0.1) is 15.6 Å². The topological polar surface area (TPSA) is 67.8 Å². The number of nitrogens with zero attached hydrogens (tertiary/aromatic N) is 1. The second-order valence-electron chi connectivity index (χ2n) is 3.78. The quantitative estimate of drug-likeness (QED) is 0.355. The van der Waals surface area contributed by atoms with Crippen molar-refractivity contribution in [3.05, 3.63) is 56.5 Å². The summed E-state index contributed by atoms with van der Waals surface area (Å²) in [5.74, 6) is 0.852. The van der Waals surface area contributed by atoms with Crippen LogP contribution in [0.3, 0.4) is 0 Å². The van der Waals surface area contributed by atoms with Gasteiger partial charge in [-0.15, -0.1) is 0 Å². The smallest absolute Gasteiger partial charge is 0.175 e. The Morgan fingerprint density at radius 1 is 1.20 bits per heavy atom. The van der Waals surface area contributed by atoms with Gasteiger partial charge in [-0.2, -0.15) is 0 Å². The Morgan fingerprint density at radius 3 is 2.60 bits per heavy atom. The fourth-order valence-electron chi connectivity index (χ4n) is 1.56. The molecule has 0 spiro atoms. The van der Waals surface area contributed by atoms with Gasteiger partial charge >= 0.3 is 0 Å². The summed E-state index contributed by atoms with van der Waals surface area (Å²) in [6, 6.07) is 10.1. The first kappa shape index (κ1) is 15.0. The van der Waals surface area contributed by atoms with E-state index in [0.29, 0.717) is 31.6 Å². The molecule has 0 amide bonds. The molecule has 0 saturated carbocycles. The number of oxime groups is 1. The fraction of sp³-hybridized carbons (Fsp3) is 0. The maximum absolute atomic E-state index is 8.83. The van der Waals surface area contributed by atoms with E-state index >= 15 is 0 Å². The SMILES string of the molecule is N/C(=N/O)c1c(Br)cccc1Oc1ccc(Cl)c(Cl)c1. The summed E-state index contributed by atoms with van der Waals surface area (Å²) in [6.07, 6.45) is 0. The van der Waals surface area contributed by atoms with Crippen LogP contribution in [0.1, 0.15) is 5.56 Å². The maximum Gasteiger partial charge on any atom is 0.175 e. The van der Waals surface area contributed by atoms with E-state index in [1.165, 1.54) is 0 Å². The molecule has 0 atom stereocenters. The van der Waals surface area contributed by atoms with Crippen molar-refractivity contribution < 1.29 is 9.94 Å². The molecule has 0 unspecified atom stereocenters. The molecule has 2 rings (SSSR count). The Bertz CT molecular complexity index is 677. The number of amidine groups is 1. The molecule has 2 aromatic rings. The van der Waals surface area contributed by atoms with E-state index in [-0.39, 0.29) is 5.84 Å². The van der Waals surface area contributed by atoms with Gasteiger partial charge < -0.3 is 15.7 Å². The molecule has 0 saturated heterocycles. The molecule has 0 fully saturated rings. The predicted molar refractivity (Wildman–Crippen MR) is 83.2 cm³/mol. The minimum atomic E-state index is -0.0625. The lowest BCUT2D eigenvalue weighted by Crippen LogP contribution is -2.15. The van der Waals surface area contributed by atoms with Crippen LogP contribution in [0.2, 0.25) is 10.0 Å². The molecule has 20 heavy (non-hydrogen) atoms. The van der Waals surface area contributed by atoms with E-state index in [1.54, 1.807) is 36.4 Å². The number of ether oxygens (including phenoxy) is 1. The summed E-state index contributed by atoms with van der Waals surface area (Å²) < 4.78 is 6.35. The van der Waals surface area contributed by atoms with Gasteiger partial charge in [0.25, 0.3) is 0 Å². The Morgan fingerprint density at radius 2 is 1.95 bits per heavy atom. The van der Waals surface area contributed by atoms with Crippen molar-refractivity contribution >= 4 is 45.0 Å². The zero-order valence-electron chi connectivity index (χ0n) is 9.98. The van der Waals surface area contributed by atoms with Crippen LogP contribution in [0.4, 0.5) is 0 Å². The average Bonchev–Trinajstić information content (AvgIpc) is 2.42. The Kier molecular flexibility index (Phi) is 4.75. The maximum atomic E-state index is 8.83. The normalized spacial score (nSPS) is 11.4. The van der Waals surface area contributed by atoms with Gasteiger partial charge in [-0.3, -0.25) is 0 Å². The molecule has 0 aliphatic rings. The van der Waals surface area contributed by atoms with Crippen molar-refractivity contribution in [1.82, 2.24) is 0 Å².